The molecule has 0 spiro atoms. The molecule has 3 heterocycles. The maximum Gasteiger partial charge on any atom is 0.168 e. The number of hydrogen-bond acceptors (Lipinski definition) is 8. The predicted octanol–water partition coefficient (Wildman–Crippen LogP) is -0.313. The predicted molar refractivity (Wildman–Crippen MR) is 88.2 cm³/mol. The summed E-state index contributed by atoms with van der Waals surface area (Å²) < 4.78 is 7.24. The fraction of sp³-hybridized carbons (Fsp3) is 0.312. The maximum absolute atomic E-state index is 10.4. The van der Waals surface area contributed by atoms with Gasteiger partial charge in [0.05, 0.1) is 6.61 Å². The van der Waals surface area contributed by atoms with Crippen LogP contribution in [0.1, 0.15) is 6.23 Å². The molecule has 1 saturated heterocycles. The molecule has 2 unspecified atom stereocenters. The lowest BCUT2D eigenvalue weighted by Crippen LogP contribution is -2.33. The Morgan fingerprint density at radius 2 is 1.88 bits per heavy atom. The van der Waals surface area contributed by atoms with E-state index in [2.05, 4.69) is 15.0 Å². The zero-order valence-electron chi connectivity index (χ0n) is 13.1. The van der Waals surface area contributed by atoms with Crippen molar-refractivity contribution in [2.24, 2.45) is 0 Å². The van der Waals surface area contributed by atoms with Crippen molar-refractivity contribution in [2.75, 3.05) is 12.3 Å². The Hall–Kier alpha value is -2.59. The highest BCUT2D eigenvalue weighted by Gasteiger charge is 2.45. The van der Waals surface area contributed by atoms with Crippen LogP contribution in [0, 0.1) is 0 Å². The topological polar surface area (TPSA) is 140 Å². The average Bonchev–Trinajstić information content (AvgIpc) is 3.15. The fourth-order valence-electron chi connectivity index (χ4n) is 3.05. The summed E-state index contributed by atoms with van der Waals surface area (Å²) >= 11 is 0. The minimum Gasteiger partial charge on any atom is -0.394 e. The van der Waals surface area contributed by atoms with E-state index in [1.165, 1.54) is 6.33 Å². The molecule has 0 amide bonds. The number of ether oxygens (including phenoxy) is 1. The zero-order valence-corrected chi connectivity index (χ0v) is 13.1. The number of aliphatic hydroxyl groups is 3. The van der Waals surface area contributed by atoms with E-state index in [-0.39, 0.29) is 5.82 Å². The first-order valence-corrected chi connectivity index (χ1v) is 7.78. The molecule has 4 rings (SSSR count). The van der Waals surface area contributed by atoms with E-state index in [1.807, 2.05) is 30.3 Å². The van der Waals surface area contributed by atoms with Gasteiger partial charge in [-0.15, -0.1) is 0 Å². The number of aliphatic hydroxyl groups excluding tert-OH is 3. The lowest BCUT2D eigenvalue weighted by atomic mass is 10.1. The summed E-state index contributed by atoms with van der Waals surface area (Å²) in [6.45, 7) is -0.418. The second kappa shape index (κ2) is 6.05. The van der Waals surface area contributed by atoms with Crippen LogP contribution in [0.4, 0.5) is 5.82 Å². The molecular formula is C16H17N5O4. The second-order valence-corrected chi connectivity index (χ2v) is 5.83. The number of rotatable bonds is 3. The van der Waals surface area contributed by atoms with E-state index in [1.54, 1.807) is 4.57 Å². The molecule has 5 N–H and O–H groups in total. The largest absolute Gasteiger partial charge is 0.394 e. The minimum absolute atomic E-state index is 0.202. The van der Waals surface area contributed by atoms with Crippen molar-refractivity contribution in [2.45, 2.75) is 24.5 Å². The van der Waals surface area contributed by atoms with Crippen molar-refractivity contribution in [1.29, 1.82) is 0 Å². The van der Waals surface area contributed by atoms with Crippen LogP contribution >= 0.6 is 0 Å². The molecule has 1 aliphatic rings. The molecule has 2 aromatic heterocycles. The van der Waals surface area contributed by atoms with E-state index in [0.717, 1.165) is 5.56 Å². The number of nitrogens with zero attached hydrogens (tertiary/aromatic N) is 4. The maximum atomic E-state index is 10.4. The molecule has 0 bridgehead atoms. The zero-order chi connectivity index (χ0) is 17.6. The van der Waals surface area contributed by atoms with Crippen LogP contribution in [0.2, 0.25) is 0 Å². The summed E-state index contributed by atoms with van der Waals surface area (Å²) in [5, 5.41) is 29.9. The lowest BCUT2D eigenvalue weighted by Gasteiger charge is -2.19. The van der Waals surface area contributed by atoms with E-state index in [9.17, 15) is 15.3 Å². The summed E-state index contributed by atoms with van der Waals surface area (Å²) in [6.07, 6.45) is -3.06. The molecule has 4 atom stereocenters. The van der Waals surface area contributed by atoms with Gasteiger partial charge in [-0.25, -0.2) is 15.0 Å². The Morgan fingerprint density at radius 3 is 2.56 bits per heavy atom. The van der Waals surface area contributed by atoms with Crippen LogP contribution in [0.5, 0.6) is 0 Å². The van der Waals surface area contributed by atoms with Crippen molar-refractivity contribution < 1.29 is 20.1 Å². The molecule has 0 aliphatic carbocycles. The standard InChI is InChI=1S/C16H17N5O4/c17-13-10-15(19-7-18-13)21(14(20-10)8-4-2-1-3-5-8)16-12(24)11(23)9(6-22)25-16/h1-5,7,9,11-12,16,22-24H,6H2,(H2,17,18,19)/t9?,11?,12-,16+/m0/s1. The van der Waals surface area contributed by atoms with Crippen LogP contribution in [0.25, 0.3) is 22.6 Å². The van der Waals surface area contributed by atoms with Gasteiger partial charge in [0, 0.05) is 5.56 Å². The molecule has 1 fully saturated rings. The van der Waals surface area contributed by atoms with Gasteiger partial charge in [0.1, 0.15) is 30.5 Å². The highest BCUT2D eigenvalue weighted by Crippen LogP contribution is 2.36. The molecule has 9 heteroatoms. The van der Waals surface area contributed by atoms with Crippen LogP contribution < -0.4 is 5.73 Å². The Bertz CT molecular complexity index is 900. The first-order valence-electron chi connectivity index (χ1n) is 7.78. The minimum atomic E-state index is -1.26. The van der Waals surface area contributed by atoms with Crippen LogP contribution in [0.3, 0.4) is 0 Å². The third-order valence-corrected chi connectivity index (χ3v) is 4.31. The number of aromatic nitrogens is 4. The third kappa shape index (κ3) is 2.45. The number of benzene rings is 1. The Morgan fingerprint density at radius 1 is 1.12 bits per heavy atom. The molecule has 0 saturated carbocycles. The average molecular weight is 343 g/mol. The summed E-state index contributed by atoms with van der Waals surface area (Å²) in [5.74, 6) is 0.672. The summed E-state index contributed by atoms with van der Waals surface area (Å²) in [4.78, 5) is 12.7. The SMILES string of the molecule is Nc1ncnc2c1nc(-c1ccccc1)n2[C@@H]1OC(CO)C(O)[C@@H]1O. The second-order valence-electron chi connectivity index (χ2n) is 5.83. The van der Waals surface area contributed by atoms with Crippen LogP contribution in [-0.2, 0) is 4.74 Å². The lowest BCUT2D eigenvalue weighted by molar-refractivity contribution is -0.0503. The van der Waals surface area contributed by atoms with Crippen LogP contribution in [-0.4, -0.2) is 59.8 Å². The fourth-order valence-corrected chi connectivity index (χ4v) is 3.05. The quantitative estimate of drug-likeness (QED) is 0.508. The number of fused-ring (bicyclic) bond motifs is 1. The molecule has 1 aliphatic heterocycles. The highest BCUT2D eigenvalue weighted by atomic mass is 16.6. The molecule has 0 radical (unpaired) electrons. The van der Waals surface area contributed by atoms with Gasteiger partial charge in [0.25, 0.3) is 0 Å². The normalized spacial score (nSPS) is 26.4. The van der Waals surface area contributed by atoms with Crippen molar-refractivity contribution >= 4 is 17.0 Å². The Labute approximate surface area is 142 Å². The molecule has 3 aromatic rings. The molecule has 130 valence electrons. The van der Waals surface area contributed by atoms with Gasteiger partial charge < -0.3 is 25.8 Å². The number of anilines is 1. The Balaban J connectivity index is 1.94. The van der Waals surface area contributed by atoms with Gasteiger partial charge in [-0.1, -0.05) is 30.3 Å². The molecule has 9 nitrogen and oxygen atoms in total. The van der Waals surface area contributed by atoms with Gasteiger partial charge in [-0.3, -0.25) is 4.57 Å². The van der Waals surface area contributed by atoms with Gasteiger partial charge in [-0.05, 0) is 0 Å². The van der Waals surface area contributed by atoms with Crippen molar-refractivity contribution in [3.05, 3.63) is 36.7 Å². The molecule has 25 heavy (non-hydrogen) atoms. The molecular weight excluding hydrogens is 326 g/mol. The molecule has 1 aromatic carbocycles. The van der Waals surface area contributed by atoms with Gasteiger partial charge in [0.2, 0.25) is 0 Å². The number of nitrogen functional groups attached to an aromatic ring is 1. The third-order valence-electron chi connectivity index (χ3n) is 4.31. The van der Waals surface area contributed by atoms with E-state index >= 15 is 0 Å². The summed E-state index contributed by atoms with van der Waals surface area (Å²) in [7, 11) is 0. The smallest absolute Gasteiger partial charge is 0.168 e. The van der Waals surface area contributed by atoms with Gasteiger partial charge >= 0.3 is 0 Å². The number of hydrogen-bond donors (Lipinski definition) is 4. The van der Waals surface area contributed by atoms with Gasteiger partial charge in [0.15, 0.2) is 23.2 Å². The van der Waals surface area contributed by atoms with Gasteiger partial charge in [-0.2, -0.15) is 0 Å². The van der Waals surface area contributed by atoms with Crippen molar-refractivity contribution in [3.8, 4) is 11.4 Å². The highest BCUT2D eigenvalue weighted by molar-refractivity contribution is 5.85. The van der Waals surface area contributed by atoms with Crippen molar-refractivity contribution in [3.63, 3.8) is 0 Å². The van der Waals surface area contributed by atoms with E-state index in [4.69, 9.17) is 10.5 Å². The summed E-state index contributed by atoms with van der Waals surface area (Å²) in [5.41, 5.74) is 7.42. The van der Waals surface area contributed by atoms with Crippen LogP contribution in [0.15, 0.2) is 36.7 Å². The Kier molecular flexibility index (Phi) is 3.85. The monoisotopic (exact) mass is 343 g/mol. The summed E-state index contributed by atoms with van der Waals surface area (Å²) in [6, 6.07) is 9.28. The first-order chi connectivity index (χ1) is 12.1. The van der Waals surface area contributed by atoms with Crippen molar-refractivity contribution in [1.82, 2.24) is 19.5 Å². The number of nitrogens with two attached hydrogens (primary N) is 1. The number of imidazole rings is 1. The first kappa shape index (κ1) is 15.9. The van der Waals surface area contributed by atoms with E-state index in [0.29, 0.717) is 17.0 Å². The van der Waals surface area contributed by atoms with E-state index < -0.39 is 31.1 Å².